The topological polar surface area (TPSA) is 69.9 Å². The number of aromatic nitrogens is 1. The number of nitrogens with zero attached hydrogens (tertiary/aromatic N) is 1. The molecule has 4 aromatic rings. The molecule has 7 nitrogen and oxygen atoms in total. The maximum atomic E-state index is 13.0. The van der Waals surface area contributed by atoms with Crippen molar-refractivity contribution in [2.24, 2.45) is 0 Å². The number of fused-ring (bicyclic) bond motifs is 5. The zero-order valence-corrected chi connectivity index (χ0v) is 23.2. The summed E-state index contributed by atoms with van der Waals surface area (Å²) in [5.41, 5.74) is 4.81. The summed E-state index contributed by atoms with van der Waals surface area (Å²) in [6.45, 7) is 1.31. The number of hydrogen-bond donors (Lipinski definition) is 1. The Morgan fingerprint density at radius 3 is 2.51 bits per heavy atom. The molecule has 0 radical (unpaired) electrons. The van der Waals surface area contributed by atoms with E-state index in [4.69, 9.17) is 30.5 Å². The van der Waals surface area contributed by atoms with E-state index in [9.17, 15) is 4.79 Å². The number of methoxy groups -OCH3 is 2. The molecule has 3 heterocycles. The number of amides is 1. The van der Waals surface area contributed by atoms with Crippen LogP contribution in [0.2, 0.25) is 5.02 Å². The van der Waals surface area contributed by atoms with Gasteiger partial charge in [0.1, 0.15) is 0 Å². The van der Waals surface area contributed by atoms with Gasteiger partial charge in [-0.3, -0.25) is 4.79 Å². The molecule has 9 heteroatoms. The second-order valence-corrected chi connectivity index (χ2v) is 9.15. The van der Waals surface area contributed by atoms with Crippen molar-refractivity contribution < 1.29 is 52.3 Å². The number of aryl methyl sites for hydroxylation is 2. The van der Waals surface area contributed by atoms with E-state index in [1.54, 1.807) is 38.5 Å². The summed E-state index contributed by atoms with van der Waals surface area (Å²) in [6.07, 6.45) is 2.95. The van der Waals surface area contributed by atoms with Crippen molar-refractivity contribution in [3.8, 4) is 34.3 Å². The zero-order chi connectivity index (χ0) is 24.8. The van der Waals surface area contributed by atoms with E-state index in [1.807, 2.05) is 18.2 Å². The van der Waals surface area contributed by atoms with Crippen molar-refractivity contribution in [2.75, 3.05) is 21.0 Å². The van der Waals surface area contributed by atoms with E-state index in [2.05, 4.69) is 22.1 Å². The van der Waals surface area contributed by atoms with Crippen LogP contribution in [0, 0.1) is 0 Å². The van der Waals surface area contributed by atoms with Crippen LogP contribution in [-0.2, 0) is 19.5 Å². The zero-order valence-electron chi connectivity index (χ0n) is 20.3. The number of carbonyl (C=O) groups excluding carboxylic acids is 1. The molecule has 0 bridgehead atoms. The molecule has 0 atom stereocenters. The monoisotopic (exact) mass is 630 g/mol. The minimum absolute atomic E-state index is 0. The molecule has 0 fully saturated rings. The van der Waals surface area contributed by atoms with Crippen molar-refractivity contribution in [2.45, 2.75) is 19.5 Å². The molecule has 37 heavy (non-hydrogen) atoms. The van der Waals surface area contributed by atoms with E-state index in [0.29, 0.717) is 28.6 Å². The predicted molar refractivity (Wildman–Crippen MR) is 135 cm³/mol. The number of halogens is 2. The molecule has 1 N–H and O–H groups in total. The third-order valence-corrected chi connectivity index (χ3v) is 7.03. The Morgan fingerprint density at radius 2 is 1.78 bits per heavy atom. The van der Waals surface area contributed by atoms with Gasteiger partial charge in [0.05, 0.1) is 37.3 Å². The lowest BCUT2D eigenvalue weighted by Crippen LogP contribution is -3.00. The van der Waals surface area contributed by atoms with Crippen LogP contribution >= 0.6 is 11.6 Å². The molecule has 0 saturated carbocycles. The van der Waals surface area contributed by atoms with Gasteiger partial charge in [0.15, 0.2) is 35.7 Å². The van der Waals surface area contributed by atoms with Gasteiger partial charge in [0.25, 0.3) is 5.91 Å². The van der Waals surface area contributed by atoms with Gasteiger partial charge in [-0.25, -0.2) is 0 Å². The Hall–Kier alpha value is -3.24. The van der Waals surface area contributed by atoms with Gasteiger partial charge in [0, 0.05) is 22.4 Å². The lowest BCUT2D eigenvalue weighted by Gasteiger charge is -2.21. The fraction of sp³-hybridized carbons (Fsp3) is 0.214. The van der Waals surface area contributed by atoms with Gasteiger partial charge in [-0.2, -0.15) is 4.57 Å². The summed E-state index contributed by atoms with van der Waals surface area (Å²) in [7, 11) is 3.26. The average molecular weight is 631 g/mol. The third kappa shape index (κ3) is 4.42. The van der Waals surface area contributed by atoms with Gasteiger partial charge < -0.3 is 48.2 Å². The second-order valence-electron chi connectivity index (χ2n) is 8.71. The van der Waals surface area contributed by atoms with Crippen LogP contribution in [0.4, 0.5) is 0 Å². The molecular formula is C28H24ClIN2O5. The molecule has 6 rings (SSSR count). The molecule has 1 amide bonds. The molecule has 3 aromatic carbocycles. The highest BCUT2D eigenvalue weighted by Crippen LogP contribution is 2.43. The van der Waals surface area contributed by atoms with Gasteiger partial charge >= 0.3 is 0 Å². The predicted octanol–water partition coefficient (Wildman–Crippen LogP) is 1.68. The summed E-state index contributed by atoms with van der Waals surface area (Å²) >= 11 is 6.00. The SMILES string of the molecule is COc1ccc2c(CNC(=O)c3ccc(Cl)cc3)c3[n+](cc2c1OC)CCc1cc2c(cc1-3)OCO2.[I-]. The maximum Gasteiger partial charge on any atom is 0.251 e. The average Bonchev–Trinajstić information content (AvgIpc) is 3.36. The number of benzene rings is 3. The van der Waals surface area contributed by atoms with E-state index in [-0.39, 0.29) is 36.7 Å². The minimum atomic E-state index is -0.176. The van der Waals surface area contributed by atoms with Gasteiger partial charge in [0.2, 0.25) is 12.5 Å². The Bertz CT molecular complexity index is 1520. The first-order valence-electron chi connectivity index (χ1n) is 11.6. The largest absolute Gasteiger partial charge is 1.00 e. The Balaban J connectivity index is 0.00000280. The van der Waals surface area contributed by atoms with Gasteiger partial charge in [-0.05, 0) is 54.1 Å². The first-order valence-corrected chi connectivity index (χ1v) is 12.0. The first kappa shape index (κ1) is 25.4. The normalized spacial score (nSPS) is 12.8. The van der Waals surface area contributed by atoms with Crippen LogP contribution in [-0.4, -0.2) is 26.9 Å². The molecule has 0 aliphatic carbocycles. The number of ether oxygens (including phenoxy) is 4. The lowest BCUT2D eigenvalue weighted by molar-refractivity contribution is -0.686. The summed E-state index contributed by atoms with van der Waals surface area (Å²) in [6, 6.07) is 14.9. The number of hydrogen-bond acceptors (Lipinski definition) is 5. The molecule has 190 valence electrons. The molecule has 2 aliphatic rings. The Morgan fingerprint density at radius 1 is 1.03 bits per heavy atom. The Labute approximate surface area is 236 Å². The van der Waals surface area contributed by atoms with Crippen LogP contribution in [0.25, 0.3) is 22.0 Å². The first-order chi connectivity index (χ1) is 17.6. The fourth-order valence-corrected chi connectivity index (χ4v) is 5.19. The number of nitrogens with one attached hydrogen (secondary N) is 1. The highest BCUT2D eigenvalue weighted by atomic mass is 127. The summed E-state index contributed by atoms with van der Waals surface area (Å²) in [5.74, 6) is 2.63. The van der Waals surface area contributed by atoms with Crippen LogP contribution < -0.4 is 52.8 Å². The van der Waals surface area contributed by atoms with Crippen molar-refractivity contribution in [1.29, 1.82) is 0 Å². The quantitative estimate of drug-likeness (QED) is 0.269. The summed E-state index contributed by atoms with van der Waals surface area (Å²) < 4.78 is 24.8. The molecule has 0 saturated heterocycles. The van der Waals surface area contributed by atoms with Crippen LogP contribution in [0.1, 0.15) is 21.5 Å². The molecule has 0 unspecified atom stereocenters. The van der Waals surface area contributed by atoms with E-state index in [0.717, 1.165) is 52.1 Å². The fourth-order valence-electron chi connectivity index (χ4n) is 5.06. The molecule has 0 spiro atoms. The van der Waals surface area contributed by atoms with Crippen LogP contribution in [0.3, 0.4) is 0 Å². The molecular weight excluding hydrogens is 607 g/mol. The smallest absolute Gasteiger partial charge is 0.251 e. The van der Waals surface area contributed by atoms with Crippen molar-refractivity contribution in [1.82, 2.24) is 5.32 Å². The summed E-state index contributed by atoms with van der Waals surface area (Å²) in [5, 5.41) is 5.58. The van der Waals surface area contributed by atoms with E-state index >= 15 is 0 Å². The standard InChI is InChI=1S/C28H23ClN2O5.HI/c1-33-23-8-7-19-21(13-30-28(32)16-3-5-18(29)6-4-16)26-20-12-25-24(35-15-36-25)11-17(20)9-10-31(26)14-22(19)27(23)34-2;/h3-8,11-12,14H,9-10,13,15H2,1-2H3;1H. The number of rotatable bonds is 5. The Kier molecular flexibility index (Phi) is 7.04. The van der Waals surface area contributed by atoms with E-state index < -0.39 is 0 Å². The van der Waals surface area contributed by atoms with Crippen LogP contribution in [0.15, 0.2) is 54.7 Å². The second kappa shape index (κ2) is 10.3. The lowest BCUT2D eigenvalue weighted by atomic mass is 9.91. The van der Waals surface area contributed by atoms with Crippen molar-refractivity contribution >= 4 is 28.3 Å². The van der Waals surface area contributed by atoms with Gasteiger partial charge in [-0.1, -0.05) is 11.6 Å². The summed E-state index contributed by atoms with van der Waals surface area (Å²) in [4.78, 5) is 13.0. The molecule has 2 aliphatic heterocycles. The highest BCUT2D eigenvalue weighted by Gasteiger charge is 2.32. The van der Waals surface area contributed by atoms with Crippen LogP contribution in [0.5, 0.6) is 23.0 Å². The third-order valence-electron chi connectivity index (χ3n) is 6.77. The van der Waals surface area contributed by atoms with Gasteiger partial charge in [-0.15, -0.1) is 0 Å². The highest BCUT2D eigenvalue weighted by molar-refractivity contribution is 6.30. The maximum absolute atomic E-state index is 13.0. The molecule has 1 aromatic heterocycles. The van der Waals surface area contributed by atoms with E-state index in [1.165, 1.54) is 5.56 Å². The van der Waals surface area contributed by atoms with Crippen molar-refractivity contribution in [3.63, 3.8) is 0 Å². The minimum Gasteiger partial charge on any atom is -1.00 e. The van der Waals surface area contributed by atoms with Crippen molar-refractivity contribution in [3.05, 3.63) is 76.4 Å². The number of carbonyl (C=O) groups is 1. The number of pyridine rings is 1.